The highest BCUT2D eigenvalue weighted by molar-refractivity contribution is 5.95. The molecule has 0 spiro atoms. The number of rotatable bonds is 6. The number of ether oxygens (including phenoxy) is 1. The van der Waals surface area contributed by atoms with Gasteiger partial charge in [-0.15, -0.1) is 22.6 Å². The number of nitrogens with zero attached hydrogens (tertiary/aromatic N) is 4. The number of hydrogen-bond acceptors (Lipinski definition) is 6. The summed E-state index contributed by atoms with van der Waals surface area (Å²) in [4.78, 5) is 12.5. The second kappa shape index (κ2) is 8.91. The number of aryl methyl sites for hydroxylation is 1. The molecule has 1 heterocycles. The Hall–Kier alpha value is -3.26. The molecule has 140 valence electrons. The molecule has 9 heteroatoms. The Bertz CT molecular complexity index is 922. The zero-order valence-corrected chi connectivity index (χ0v) is 15.4. The number of carbonyl (C=O) groups is 1. The number of methoxy groups -OCH3 is 1. The Morgan fingerprint density at radius 1 is 1.07 bits per heavy atom. The maximum absolute atomic E-state index is 11.2. The number of hydrogen-bond donors (Lipinski definition) is 2. The number of aromatic nitrogens is 4. The molecule has 3 N–H and O–H groups in total. The van der Waals surface area contributed by atoms with E-state index in [2.05, 4.69) is 20.1 Å². The van der Waals surface area contributed by atoms with Crippen molar-refractivity contribution in [2.45, 2.75) is 13.0 Å². The Balaban J connectivity index is 0.00000261. The molecule has 0 unspecified atom stereocenters. The van der Waals surface area contributed by atoms with Gasteiger partial charge in [-0.05, 0) is 16.3 Å². The fraction of sp³-hybridized carbons (Fsp3) is 0.167. The largest absolute Gasteiger partial charge is 0.469 e. The maximum atomic E-state index is 11.2. The first-order valence-corrected chi connectivity index (χ1v) is 7.96. The van der Waals surface area contributed by atoms with Crippen molar-refractivity contribution >= 4 is 24.2 Å². The normalized spacial score (nSPS) is 10.1. The lowest BCUT2D eigenvalue weighted by atomic mass is 10.0. The molecular weight excluding hydrogens is 368 g/mol. The van der Waals surface area contributed by atoms with Crippen molar-refractivity contribution in [3.63, 3.8) is 0 Å². The predicted octanol–water partition coefficient (Wildman–Crippen LogP) is 2.28. The van der Waals surface area contributed by atoms with E-state index in [0.29, 0.717) is 17.9 Å². The molecule has 0 aliphatic rings. The lowest BCUT2D eigenvalue weighted by molar-refractivity contribution is -0.140. The second-order valence-corrected chi connectivity index (χ2v) is 5.60. The van der Waals surface area contributed by atoms with Crippen LogP contribution in [0.25, 0.3) is 22.5 Å². The fourth-order valence-electron chi connectivity index (χ4n) is 2.40. The lowest BCUT2D eigenvalue weighted by Gasteiger charge is -2.04. The maximum Gasteiger partial charge on any atom is 0.307 e. The number of benzene rings is 2. The van der Waals surface area contributed by atoms with E-state index in [1.807, 2.05) is 48.5 Å². The number of nitrogens with one attached hydrogen (secondary N) is 1. The third-order valence-corrected chi connectivity index (χ3v) is 3.87. The van der Waals surface area contributed by atoms with E-state index in [9.17, 15) is 4.79 Å². The Morgan fingerprint density at radius 3 is 2.19 bits per heavy atom. The number of amidine groups is 1. The number of nitrogens with two attached hydrogens (primary N) is 1. The summed E-state index contributed by atoms with van der Waals surface area (Å²) in [7, 11) is 1.34. The van der Waals surface area contributed by atoms with E-state index in [-0.39, 0.29) is 30.6 Å². The fourth-order valence-corrected chi connectivity index (χ4v) is 2.40. The molecule has 0 saturated carbocycles. The molecule has 0 aliphatic heterocycles. The molecule has 2 aromatic carbocycles. The molecule has 1 aromatic heterocycles. The highest BCUT2D eigenvalue weighted by Crippen LogP contribution is 2.23. The molecule has 0 atom stereocenters. The number of nitrogen functional groups attached to an aromatic ring is 1. The van der Waals surface area contributed by atoms with Gasteiger partial charge in [0, 0.05) is 11.1 Å². The molecule has 0 fully saturated rings. The summed E-state index contributed by atoms with van der Waals surface area (Å²) >= 11 is 0. The van der Waals surface area contributed by atoms with Crippen LogP contribution in [0.2, 0.25) is 0 Å². The zero-order chi connectivity index (χ0) is 18.5. The predicted molar refractivity (Wildman–Crippen MR) is 104 cm³/mol. The van der Waals surface area contributed by atoms with Crippen molar-refractivity contribution in [3.8, 4) is 22.5 Å². The lowest BCUT2D eigenvalue weighted by Crippen LogP contribution is -2.10. The van der Waals surface area contributed by atoms with E-state index < -0.39 is 0 Å². The van der Waals surface area contributed by atoms with E-state index in [0.717, 1.165) is 16.7 Å². The Morgan fingerprint density at radius 2 is 1.63 bits per heavy atom. The zero-order valence-electron chi connectivity index (χ0n) is 14.6. The van der Waals surface area contributed by atoms with Crippen LogP contribution in [0.1, 0.15) is 12.0 Å². The van der Waals surface area contributed by atoms with E-state index >= 15 is 0 Å². The molecule has 0 amide bonds. The minimum absolute atomic E-state index is 0. The van der Waals surface area contributed by atoms with Crippen molar-refractivity contribution in [3.05, 3.63) is 54.1 Å². The van der Waals surface area contributed by atoms with Gasteiger partial charge in [-0.3, -0.25) is 10.2 Å². The quantitative estimate of drug-likeness (QED) is 0.381. The van der Waals surface area contributed by atoms with Crippen LogP contribution in [0.3, 0.4) is 0 Å². The van der Waals surface area contributed by atoms with Gasteiger partial charge >= 0.3 is 5.97 Å². The van der Waals surface area contributed by atoms with Gasteiger partial charge < -0.3 is 10.5 Å². The molecule has 0 radical (unpaired) electrons. The van der Waals surface area contributed by atoms with E-state index in [1.54, 1.807) is 0 Å². The summed E-state index contributed by atoms with van der Waals surface area (Å²) in [6.07, 6.45) is 0.196. The summed E-state index contributed by atoms with van der Waals surface area (Å²) in [6.45, 7) is 0.320. The molecule has 3 aromatic rings. The van der Waals surface area contributed by atoms with Crippen LogP contribution in [0, 0.1) is 5.41 Å². The summed E-state index contributed by atoms with van der Waals surface area (Å²) in [5.74, 6) is 0.227. The number of halogens is 1. The Kier molecular flexibility index (Phi) is 6.62. The van der Waals surface area contributed by atoms with Crippen molar-refractivity contribution in [2.75, 3.05) is 7.11 Å². The third kappa shape index (κ3) is 4.89. The highest BCUT2D eigenvalue weighted by Gasteiger charge is 2.08. The first-order chi connectivity index (χ1) is 12.6. The molecule has 3 rings (SSSR count). The van der Waals surface area contributed by atoms with Crippen LogP contribution in [-0.4, -0.2) is 39.1 Å². The Labute approximate surface area is 162 Å². The number of tetrazole rings is 1. The number of carbonyl (C=O) groups excluding carboxylic acids is 1. The first-order valence-electron chi connectivity index (χ1n) is 7.96. The average molecular weight is 387 g/mol. The summed E-state index contributed by atoms with van der Waals surface area (Å²) in [5, 5.41) is 19.7. The van der Waals surface area contributed by atoms with Crippen molar-refractivity contribution in [1.82, 2.24) is 20.2 Å². The molecule has 8 nitrogen and oxygen atoms in total. The summed E-state index contributed by atoms with van der Waals surface area (Å²) in [6, 6.07) is 15.2. The van der Waals surface area contributed by atoms with Gasteiger partial charge in [0.25, 0.3) is 0 Å². The summed E-state index contributed by atoms with van der Waals surface area (Å²) < 4.78 is 4.59. The van der Waals surface area contributed by atoms with Crippen LogP contribution in [0.5, 0.6) is 0 Å². The van der Waals surface area contributed by atoms with Crippen LogP contribution in [0.15, 0.2) is 48.5 Å². The molecule has 0 saturated heterocycles. The number of esters is 1. The van der Waals surface area contributed by atoms with E-state index in [4.69, 9.17) is 11.1 Å². The van der Waals surface area contributed by atoms with Gasteiger partial charge in [0.1, 0.15) is 5.84 Å². The molecular formula is C18H19ClN6O2. The smallest absolute Gasteiger partial charge is 0.307 e. The van der Waals surface area contributed by atoms with Crippen molar-refractivity contribution in [2.24, 2.45) is 5.73 Å². The molecule has 27 heavy (non-hydrogen) atoms. The van der Waals surface area contributed by atoms with Gasteiger partial charge in [-0.25, -0.2) is 0 Å². The molecule has 0 aliphatic carbocycles. The topological polar surface area (TPSA) is 120 Å². The molecule has 0 bridgehead atoms. The van der Waals surface area contributed by atoms with Crippen molar-refractivity contribution < 1.29 is 9.53 Å². The first kappa shape index (κ1) is 20.1. The van der Waals surface area contributed by atoms with Crippen molar-refractivity contribution in [1.29, 1.82) is 5.41 Å². The van der Waals surface area contributed by atoms with Crippen LogP contribution in [-0.2, 0) is 16.1 Å². The van der Waals surface area contributed by atoms with Crippen LogP contribution in [0.4, 0.5) is 0 Å². The second-order valence-electron chi connectivity index (χ2n) is 5.60. The minimum Gasteiger partial charge on any atom is -0.469 e. The van der Waals surface area contributed by atoms with Gasteiger partial charge in [0.15, 0.2) is 0 Å². The minimum atomic E-state index is -0.316. The van der Waals surface area contributed by atoms with Gasteiger partial charge in [0.2, 0.25) is 5.82 Å². The van der Waals surface area contributed by atoms with Crippen LogP contribution < -0.4 is 5.73 Å². The monoisotopic (exact) mass is 386 g/mol. The third-order valence-electron chi connectivity index (χ3n) is 3.87. The highest BCUT2D eigenvalue weighted by atomic mass is 35.5. The summed E-state index contributed by atoms with van der Waals surface area (Å²) in [5.41, 5.74) is 9.05. The van der Waals surface area contributed by atoms with E-state index in [1.165, 1.54) is 11.9 Å². The van der Waals surface area contributed by atoms with Gasteiger partial charge in [0.05, 0.1) is 20.1 Å². The standard InChI is InChI=1S/C18H18N6O2.ClH/c1-26-16(25)10-11-24-22-18(21-23-24)15-8-4-13(5-9-15)12-2-6-14(7-3-12)17(19)20;/h2-9H,10-11H2,1H3,(H3,19,20);1H. The van der Waals surface area contributed by atoms with Gasteiger partial charge in [-0.1, -0.05) is 48.5 Å². The average Bonchev–Trinajstić information content (AvgIpc) is 3.15. The van der Waals surface area contributed by atoms with Crippen LogP contribution >= 0.6 is 12.4 Å². The van der Waals surface area contributed by atoms with Gasteiger partial charge in [-0.2, -0.15) is 4.80 Å². The SMILES string of the molecule is COC(=O)CCn1nnc(-c2ccc(-c3ccc(C(=N)N)cc3)cc2)n1.Cl.